The molecule has 0 aromatic heterocycles. The molecule has 3 atom stereocenters. The molecule has 1 aliphatic heterocycles. The molecule has 114 valence electrons. The van der Waals surface area contributed by atoms with Crippen molar-refractivity contribution in [3.63, 3.8) is 0 Å². The summed E-state index contributed by atoms with van der Waals surface area (Å²) in [6, 6.07) is -0.483. The summed E-state index contributed by atoms with van der Waals surface area (Å²) in [5, 5.41) is 2.64. The molecule has 6 nitrogen and oxygen atoms in total. The number of piperidine rings is 1. The van der Waals surface area contributed by atoms with Gasteiger partial charge in [-0.15, -0.1) is 0 Å². The molecule has 3 amide bonds. The molecule has 1 saturated carbocycles. The molecule has 1 saturated heterocycles. The van der Waals surface area contributed by atoms with Gasteiger partial charge in [0, 0.05) is 25.7 Å². The second-order valence-corrected chi connectivity index (χ2v) is 6.09. The molecule has 1 heterocycles. The van der Waals surface area contributed by atoms with E-state index in [1.165, 1.54) is 0 Å². The van der Waals surface area contributed by atoms with Gasteiger partial charge in [0.25, 0.3) is 0 Å². The van der Waals surface area contributed by atoms with Gasteiger partial charge in [0.2, 0.25) is 5.91 Å². The number of likely N-dealkylation sites (tertiary alicyclic amines) is 1. The van der Waals surface area contributed by atoms with E-state index in [1.54, 1.807) is 0 Å². The topological polar surface area (TPSA) is 101 Å². The van der Waals surface area contributed by atoms with Crippen molar-refractivity contribution in [2.75, 3.05) is 19.6 Å². The lowest BCUT2D eigenvalue weighted by Crippen LogP contribution is -2.50. The average molecular weight is 282 g/mol. The van der Waals surface area contributed by atoms with Gasteiger partial charge in [0.15, 0.2) is 0 Å². The third-order valence-electron chi connectivity index (χ3n) is 4.53. The highest BCUT2D eigenvalue weighted by atomic mass is 16.2. The molecule has 20 heavy (non-hydrogen) atoms. The smallest absolute Gasteiger partial charge is 0.312 e. The number of hydrogen-bond donors (Lipinski definition) is 3. The van der Waals surface area contributed by atoms with Crippen LogP contribution in [0, 0.1) is 11.8 Å². The zero-order valence-corrected chi connectivity index (χ0v) is 12.0. The number of nitrogens with two attached hydrogens (primary N) is 2. The molecular formula is C14H26N4O2. The Morgan fingerprint density at radius 1 is 1.15 bits per heavy atom. The van der Waals surface area contributed by atoms with Crippen LogP contribution in [-0.4, -0.2) is 42.5 Å². The molecule has 0 aromatic carbocycles. The second-order valence-electron chi connectivity index (χ2n) is 6.09. The maximum Gasteiger partial charge on any atom is 0.312 e. The number of primary amides is 1. The molecule has 0 radical (unpaired) electrons. The van der Waals surface area contributed by atoms with Crippen LogP contribution in [0.25, 0.3) is 0 Å². The van der Waals surface area contributed by atoms with Crippen LogP contribution in [0.3, 0.4) is 0 Å². The van der Waals surface area contributed by atoms with E-state index >= 15 is 0 Å². The molecule has 6 heteroatoms. The highest BCUT2D eigenvalue weighted by Crippen LogP contribution is 2.26. The van der Waals surface area contributed by atoms with E-state index in [0.29, 0.717) is 19.0 Å². The third kappa shape index (κ3) is 3.85. The van der Waals surface area contributed by atoms with Crippen LogP contribution in [0.4, 0.5) is 4.79 Å². The van der Waals surface area contributed by atoms with E-state index in [0.717, 1.165) is 45.1 Å². The van der Waals surface area contributed by atoms with Crippen LogP contribution in [-0.2, 0) is 4.79 Å². The van der Waals surface area contributed by atoms with Crippen LogP contribution < -0.4 is 16.8 Å². The SMILES string of the molecule is NC(=O)NCC1CCCN(C(=O)C2CCCCC2N)C1. The number of nitrogens with one attached hydrogen (secondary N) is 1. The van der Waals surface area contributed by atoms with E-state index in [9.17, 15) is 9.59 Å². The van der Waals surface area contributed by atoms with Crippen LogP contribution in [0.5, 0.6) is 0 Å². The quantitative estimate of drug-likeness (QED) is 0.698. The van der Waals surface area contributed by atoms with Gasteiger partial charge in [-0.3, -0.25) is 4.79 Å². The number of amides is 3. The van der Waals surface area contributed by atoms with Gasteiger partial charge < -0.3 is 21.7 Å². The zero-order valence-electron chi connectivity index (χ0n) is 12.0. The van der Waals surface area contributed by atoms with E-state index < -0.39 is 6.03 Å². The number of urea groups is 1. The fourth-order valence-corrected chi connectivity index (χ4v) is 3.38. The number of nitrogens with zero attached hydrogens (tertiary/aromatic N) is 1. The van der Waals surface area contributed by atoms with Crippen molar-refractivity contribution in [1.29, 1.82) is 0 Å². The first kappa shape index (κ1) is 15.1. The number of hydrogen-bond acceptors (Lipinski definition) is 3. The fraction of sp³-hybridized carbons (Fsp3) is 0.857. The Balaban J connectivity index is 1.87. The molecule has 0 aromatic rings. The van der Waals surface area contributed by atoms with Crippen molar-refractivity contribution in [2.24, 2.45) is 23.3 Å². The molecule has 2 rings (SSSR count). The van der Waals surface area contributed by atoms with Gasteiger partial charge in [-0.05, 0) is 31.6 Å². The van der Waals surface area contributed by atoms with Gasteiger partial charge in [-0.1, -0.05) is 12.8 Å². The lowest BCUT2D eigenvalue weighted by atomic mass is 9.83. The first-order valence-electron chi connectivity index (χ1n) is 7.65. The van der Waals surface area contributed by atoms with Gasteiger partial charge in [-0.25, -0.2) is 4.79 Å². The first-order valence-corrected chi connectivity index (χ1v) is 7.65. The van der Waals surface area contributed by atoms with Crippen LogP contribution in [0.2, 0.25) is 0 Å². The summed E-state index contributed by atoms with van der Waals surface area (Å²) in [7, 11) is 0. The largest absolute Gasteiger partial charge is 0.352 e. The Morgan fingerprint density at radius 2 is 1.90 bits per heavy atom. The molecule has 2 fully saturated rings. The van der Waals surface area contributed by atoms with Crippen molar-refractivity contribution < 1.29 is 9.59 Å². The summed E-state index contributed by atoms with van der Waals surface area (Å²) in [6.45, 7) is 2.08. The van der Waals surface area contributed by atoms with E-state index in [2.05, 4.69) is 5.32 Å². The van der Waals surface area contributed by atoms with Gasteiger partial charge >= 0.3 is 6.03 Å². The Labute approximate surface area is 120 Å². The molecule has 1 aliphatic carbocycles. The molecule has 3 unspecified atom stereocenters. The van der Waals surface area contributed by atoms with E-state index in [4.69, 9.17) is 11.5 Å². The Morgan fingerprint density at radius 3 is 2.60 bits per heavy atom. The van der Waals surface area contributed by atoms with Gasteiger partial charge in [0.05, 0.1) is 5.92 Å². The average Bonchev–Trinajstić information content (AvgIpc) is 2.45. The number of carbonyl (C=O) groups excluding carboxylic acids is 2. The summed E-state index contributed by atoms with van der Waals surface area (Å²) < 4.78 is 0. The summed E-state index contributed by atoms with van der Waals surface area (Å²) in [6.07, 6.45) is 6.12. The third-order valence-corrected chi connectivity index (χ3v) is 4.53. The second kappa shape index (κ2) is 6.92. The van der Waals surface area contributed by atoms with Crippen molar-refractivity contribution in [2.45, 2.75) is 44.6 Å². The van der Waals surface area contributed by atoms with Crippen molar-refractivity contribution in [3.05, 3.63) is 0 Å². The molecule has 0 bridgehead atoms. The van der Waals surface area contributed by atoms with E-state index in [-0.39, 0.29) is 17.9 Å². The standard InChI is InChI=1S/C14H26N4O2/c15-12-6-2-1-5-11(12)13(19)18-7-3-4-10(9-18)8-17-14(16)20/h10-12H,1-9,15H2,(H3,16,17,20). The maximum atomic E-state index is 12.6. The van der Waals surface area contributed by atoms with Crippen LogP contribution >= 0.6 is 0 Å². The normalized spacial score (nSPS) is 30.9. The number of rotatable bonds is 3. The summed E-state index contributed by atoms with van der Waals surface area (Å²) in [4.78, 5) is 25.3. The van der Waals surface area contributed by atoms with Crippen LogP contribution in [0.15, 0.2) is 0 Å². The minimum atomic E-state index is -0.497. The van der Waals surface area contributed by atoms with Gasteiger partial charge in [-0.2, -0.15) is 0 Å². The van der Waals surface area contributed by atoms with Crippen molar-refractivity contribution in [3.8, 4) is 0 Å². The highest BCUT2D eigenvalue weighted by Gasteiger charge is 2.33. The van der Waals surface area contributed by atoms with Crippen molar-refractivity contribution >= 4 is 11.9 Å². The maximum absolute atomic E-state index is 12.6. The lowest BCUT2D eigenvalue weighted by Gasteiger charge is -2.37. The van der Waals surface area contributed by atoms with Gasteiger partial charge in [0.1, 0.15) is 0 Å². The molecule has 2 aliphatic rings. The minimum Gasteiger partial charge on any atom is -0.352 e. The zero-order chi connectivity index (χ0) is 14.5. The monoisotopic (exact) mass is 282 g/mol. The van der Waals surface area contributed by atoms with Crippen LogP contribution in [0.1, 0.15) is 38.5 Å². The van der Waals surface area contributed by atoms with Crippen molar-refractivity contribution in [1.82, 2.24) is 10.2 Å². The summed E-state index contributed by atoms with van der Waals surface area (Å²) in [5.74, 6) is 0.507. The fourth-order valence-electron chi connectivity index (χ4n) is 3.38. The number of carbonyl (C=O) groups is 2. The molecule has 0 spiro atoms. The predicted octanol–water partition coefficient (Wildman–Crippen LogP) is 0.411. The predicted molar refractivity (Wildman–Crippen MR) is 76.8 cm³/mol. The first-order chi connectivity index (χ1) is 9.58. The summed E-state index contributed by atoms with van der Waals surface area (Å²) in [5.41, 5.74) is 11.2. The minimum absolute atomic E-state index is 0.00778. The highest BCUT2D eigenvalue weighted by molar-refractivity contribution is 5.79. The summed E-state index contributed by atoms with van der Waals surface area (Å²) >= 11 is 0. The Hall–Kier alpha value is -1.30. The lowest BCUT2D eigenvalue weighted by molar-refractivity contribution is -0.138. The van der Waals surface area contributed by atoms with E-state index in [1.807, 2.05) is 4.90 Å². The molecule has 5 N–H and O–H groups in total. The molecular weight excluding hydrogens is 256 g/mol. The Bertz CT molecular complexity index is 361. The Kier molecular flexibility index (Phi) is 5.23.